The van der Waals surface area contributed by atoms with Gasteiger partial charge in [-0.1, -0.05) is 13.0 Å². The topological polar surface area (TPSA) is 107 Å². The van der Waals surface area contributed by atoms with Crippen molar-refractivity contribution in [1.82, 2.24) is 9.55 Å². The van der Waals surface area contributed by atoms with Gasteiger partial charge in [-0.2, -0.15) is 0 Å². The standard InChI is InChI=1S/C22H21N3O4/c1-3-22(28)8-18(26)29-10-13-14(22)7-17-20-12(9-25(17)21(13)27)11(2)19-15(23)5-4-6-16(19)24-20/h4-7,28H,3,8-10,23H2,1-2H3/t22-/m0/s1. The highest BCUT2D eigenvalue weighted by atomic mass is 16.5. The summed E-state index contributed by atoms with van der Waals surface area (Å²) in [7, 11) is 0. The molecular weight excluding hydrogens is 370 g/mol. The third-order valence-electron chi connectivity index (χ3n) is 6.28. The van der Waals surface area contributed by atoms with E-state index in [9.17, 15) is 14.7 Å². The first-order valence-corrected chi connectivity index (χ1v) is 9.67. The largest absolute Gasteiger partial charge is 0.460 e. The van der Waals surface area contributed by atoms with Crippen LogP contribution in [0, 0.1) is 6.92 Å². The van der Waals surface area contributed by atoms with E-state index in [1.54, 1.807) is 17.6 Å². The van der Waals surface area contributed by atoms with Crippen LogP contribution in [-0.4, -0.2) is 20.6 Å². The van der Waals surface area contributed by atoms with Gasteiger partial charge in [0, 0.05) is 16.6 Å². The summed E-state index contributed by atoms with van der Waals surface area (Å²) in [6.07, 6.45) is 0.124. The number of hydrogen-bond acceptors (Lipinski definition) is 6. The minimum Gasteiger partial charge on any atom is -0.460 e. The number of nitrogens with zero attached hydrogens (tertiary/aromatic N) is 2. The molecule has 29 heavy (non-hydrogen) atoms. The number of aryl methyl sites for hydroxylation is 1. The summed E-state index contributed by atoms with van der Waals surface area (Å²) in [4.78, 5) is 30.1. The van der Waals surface area contributed by atoms with Crippen LogP contribution in [0.2, 0.25) is 0 Å². The van der Waals surface area contributed by atoms with E-state index in [-0.39, 0.29) is 18.6 Å². The number of nitrogen functional groups attached to an aromatic ring is 1. The van der Waals surface area contributed by atoms with Crippen LogP contribution in [0.1, 0.15) is 42.0 Å². The molecule has 0 aliphatic carbocycles. The molecule has 0 fully saturated rings. The van der Waals surface area contributed by atoms with E-state index in [1.807, 2.05) is 25.1 Å². The van der Waals surface area contributed by atoms with Crippen molar-refractivity contribution in [3.8, 4) is 11.4 Å². The van der Waals surface area contributed by atoms with Gasteiger partial charge in [0.2, 0.25) is 0 Å². The molecule has 2 aromatic heterocycles. The number of carbonyl (C=O) groups excluding carboxylic acids is 1. The Labute approximate surface area is 166 Å². The van der Waals surface area contributed by atoms with Gasteiger partial charge in [-0.15, -0.1) is 0 Å². The lowest BCUT2D eigenvalue weighted by Gasteiger charge is -2.26. The van der Waals surface area contributed by atoms with E-state index in [2.05, 4.69) is 0 Å². The van der Waals surface area contributed by atoms with Gasteiger partial charge in [0.1, 0.15) is 12.2 Å². The van der Waals surface area contributed by atoms with Gasteiger partial charge in [-0.3, -0.25) is 9.59 Å². The predicted octanol–water partition coefficient (Wildman–Crippen LogP) is 2.36. The number of ether oxygens (including phenoxy) is 1. The number of anilines is 1. The molecule has 7 nitrogen and oxygen atoms in total. The maximum Gasteiger partial charge on any atom is 0.309 e. The van der Waals surface area contributed by atoms with Crippen LogP contribution >= 0.6 is 0 Å². The van der Waals surface area contributed by atoms with Crippen molar-refractivity contribution in [3.63, 3.8) is 0 Å². The Morgan fingerprint density at radius 1 is 1.31 bits per heavy atom. The first-order chi connectivity index (χ1) is 13.8. The lowest BCUT2D eigenvalue weighted by Crippen LogP contribution is -2.32. The van der Waals surface area contributed by atoms with Gasteiger partial charge < -0.3 is 20.1 Å². The molecule has 1 aromatic carbocycles. The fraction of sp³-hybridized carbons (Fsp3) is 0.318. The van der Waals surface area contributed by atoms with Gasteiger partial charge in [0.15, 0.2) is 0 Å². The summed E-state index contributed by atoms with van der Waals surface area (Å²) in [6, 6.07) is 7.40. The molecule has 2 aliphatic heterocycles. The molecule has 0 unspecified atom stereocenters. The molecule has 0 amide bonds. The Bertz CT molecular complexity index is 1280. The number of aromatic nitrogens is 2. The first kappa shape index (κ1) is 17.9. The molecule has 3 N–H and O–H groups in total. The molecule has 0 saturated heterocycles. The van der Waals surface area contributed by atoms with Gasteiger partial charge in [0.05, 0.1) is 35.4 Å². The van der Waals surface area contributed by atoms with Gasteiger partial charge in [-0.25, -0.2) is 4.98 Å². The van der Waals surface area contributed by atoms with Crippen LogP contribution in [0.3, 0.4) is 0 Å². The van der Waals surface area contributed by atoms with Gasteiger partial charge in [-0.05, 0) is 42.7 Å². The highest BCUT2D eigenvalue weighted by Crippen LogP contribution is 2.40. The zero-order valence-corrected chi connectivity index (χ0v) is 16.3. The minimum atomic E-state index is -1.43. The predicted molar refractivity (Wildman–Crippen MR) is 108 cm³/mol. The van der Waals surface area contributed by atoms with Crippen molar-refractivity contribution < 1.29 is 14.6 Å². The molecule has 2 aliphatic rings. The smallest absolute Gasteiger partial charge is 0.309 e. The van der Waals surface area contributed by atoms with Crippen LogP contribution in [0.4, 0.5) is 5.69 Å². The number of pyridine rings is 2. The minimum absolute atomic E-state index is 0.132. The first-order valence-electron chi connectivity index (χ1n) is 9.67. The lowest BCUT2D eigenvalue weighted by atomic mass is 9.85. The van der Waals surface area contributed by atoms with Crippen molar-refractivity contribution in [2.24, 2.45) is 0 Å². The molecule has 4 heterocycles. The summed E-state index contributed by atoms with van der Waals surface area (Å²) in [6.45, 7) is 4.02. The normalized spacial score (nSPS) is 20.0. The van der Waals surface area contributed by atoms with Crippen LogP contribution in [0.15, 0.2) is 29.1 Å². The molecule has 5 rings (SSSR count). The average Bonchev–Trinajstić information content (AvgIpc) is 3.00. The summed E-state index contributed by atoms with van der Waals surface area (Å²) in [5.74, 6) is -0.508. The third kappa shape index (κ3) is 2.37. The molecule has 0 saturated carbocycles. The van der Waals surface area contributed by atoms with E-state index >= 15 is 0 Å². The molecule has 0 radical (unpaired) electrons. The number of nitrogens with two attached hydrogens (primary N) is 1. The number of aliphatic hydroxyl groups is 1. The number of rotatable bonds is 1. The van der Waals surface area contributed by atoms with E-state index in [0.717, 1.165) is 27.7 Å². The van der Waals surface area contributed by atoms with Crippen LogP contribution in [0.5, 0.6) is 0 Å². The average molecular weight is 391 g/mol. The zero-order valence-electron chi connectivity index (χ0n) is 16.3. The fourth-order valence-corrected chi connectivity index (χ4v) is 4.59. The molecule has 7 heteroatoms. The Morgan fingerprint density at radius 3 is 2.86 bits per heavy atom. The van der Waals surface area contributed by atoms with E-state index in [1.165, 1.54) is 0 Å². The summed E-state index contributed by atoms with van der Waals surface area (Å²) in [5, 5.41) is 12.1. The Morgan fingerprint density at radius 2 is 2.10 bits per heavy atom. The summed E-state index contributed by atoms with van der Waals surface area (Å²) < 4.78 is 6.85. The molecule has 0 spiro atoms. The Balaban J connectivity index is 1.82. The number of carbonyl (C=O) groups is 1. The van der Waals surface area contributed by atoms with Crippen LogP contribution < -0.4 is 11.3 Å². The fourth-order valence-electron chi connectivity index (χ4n) is 4.59. The number of esters is 1. The Hall–Kier alpha value is -3.19. The third-order valence-corrected chi connectivity index (χ3v) is 6.28. The van der Waals surface area contributed by atoms with Crippen LogP contribution in [0.25, 0.3) is 22.3 Å². The van der Waals surface area contributed by atoms with E-state index in [0.29, 0.717) is 35.5 Å². The number of benzene rings is 1. The molecule has 0 bridgehead atoms. The van der Waals surface area contributed by atoms with Crippen molar-refractivity contribution in [1.29, 1.82) is 0 Å². The number of fused-ring (bicyclic) bond motifs is 5. The van der Waals surface area contributed by atoms with Crippen LogP contribution in [-0.2, 0) is 28.3 Å². The second kappa shape index (κ2) is 5.90. The second-order valence-corrected chi connectivity index (χ2v) is 7.84. The molecular formula is C22H21N3O4. The number of cyclic esters (lactones) is 1. The monoisotopic (exact) mass is 391 g/mol. The second-order valence-electron chi connectivity index (χ2n) is 7.84. The molecule has 148 valence electrons. The lowest BCUT2D eigenvalue weighted by molar-refractivity contribution is -0.149. The highest BCUT2D eigenvalue weighted by molar-refractivity contribution is 5.96. The van der Waals surface area contributed by atoms with Crippen molar-refractivity contribution in [2.75, 3.05) is 5.73 Å². The molecule has 3 aromatic rings. The van der Waals surface area contributed by atoms with Crippen molar-refractivity contribution in [2.45, 2.75) is 45.4 Å². The molecule has 1 atom stereocenters. The van der Waals surface area contributed by atoms with Crippen molar-refractivity contribution in [3.05, 3.63) is 56.9 Å². The van der Waals surface area contributed by atoms with Gasteiger partial charge >= 0.3 is 5.97 Å². The summed E-state index contributed by atoms with van der Waals surface area (Å²) in [5.41, 5.74) is 10.0. The van der Waals surface area contributed by atoms with E-state index in [4.69, 9.17) is 15.5 Å². The Kier molecular flexibility index (Phi) is 3.64. The van der Waals surface area contributed by atoms with E-state index < -0.39 is 11.6 Å². The maximum absolute atomic E-state index is 13.3. The number of hydrogen-bond donors (Lipinski definition) is 2. The quantitative estimate of drug-likeness (QED) is 0.381. The maximum atomic E-state index is 13.3. The van der Waals surface area contributed by atoms with Gasteiger partial charge in [0.25, 0.3) is 5.56 Å². The SMILES string of the molecule is CC[C@]1(O)CC(=O)OCc2c1cc1n(c2=O)Cc2c-1nc1cccc(N)c1c2C. The zero-order chi connectivity index (χ0) is 20.5. The highest BCUT2D eigenvalue weighted by Gasteiger charge is 2.39. The summed E-state index contributed by atoms with van der Waals surface area (Å²) >= 11 is 0. The van der Waals surface area contributed by atoms with Crippen molar-refractivity contribution >= 4 is 22.6 Å².